The first-order chi connectivity index (χ1) is 7.65. The summed E-state index contributed by atoms with van der Waals surface area (Å²) in [6.45, 7) is 1.32. The summed E-state index contributed by atoms with van der Waals surface area (Å²) in [4.78, 5) is 11.3. The van der Waals surface area contributed by atoms with Gasteiger partial charge < -0.3 is 5.11 Å². The van der Waals surface area contributed by atoms with Crippen molar-refractivity contribution in [3.05, 3.63) is 35.4 Å². The fourth-order valence-electron chi connectivity index (χ4n) is 2.37. The molecule has 1 aromatic rings. The molecule has 0 bridgehead atoms. The number of benzene rings is 1. The molecule has 2 rings (SSSR count). The molecule has 0 saturated heterocycles. The van der Waals surface area contributed by atoms with Crippen LogP contribution in [0.2, 0.25) is 0 Å². The number of carbonyl (C=O) groups is 1. The van der Waals surface area contributed by atoms with Gasteiger partial charge in [-0.25, -0.2) is 5.06 Å². The van der Waals surface area contributed by atoms with Crippen molar-refractivity contribution < 1.29 is 15.1 Å². The summed E-state index contributed by atoms with van der Waals surface area (Å²) in [5, 5.41) is 19.2. The molecule has 2 atom stereocenters. The van der Waals surface area contributed by atoms with Crippen molar-refractivity contribution in [2.24, 2.45) is 5.92 Å². The van der Waals surface area contributed by atoms with Gasteiger partial charge in [-0.15, -0.1) is 0 Å². The monoisotopic (exact) mass is 221 g/mol. The zero-order chi connectivity index (χ0) is 11.7. The molecule has 1 aliphatic carbocycles. The molecule has 4 heteroatoms. The van der Waals surface area contributed by atoms with E-state index in [1.165, 1.54) is 0 Å². The van der Waals surface area contributed by atoms with Crippen molar-refractivity contribution in [1.82, 2.24) is 5.06 Å². The van der Waals surface area contributed by atoms with E-state index < -0.39 is 12.5 Å². The molecular formula is C12H15NO3. The Kier molecular flexibility index (Phi) is 2.94. The van der Waals surface area contributed by atoms with Gasteiger partial charge in [-0.3, -0.25) is 10.0 Å². The van der Waals surface area contributed by atoms with Gasteiger partial charge in [0.1, 0.15) is 6.61 Å². The van der Waals surface area contributed by atoms with Gasteiger partial charge in [-0.1, -0.05) is 31.2 Å². The molecule has 1 aliphatic rings. The van der Waals surface area contributed by atoms with Crippen molar-refractivity contribution in [3.8, 4) is 0 Å². The lowest BCUT2D eigenvalue weighted by Crippen LogP contribution is -2.35. The number of rotatable bonds is 2. The van der Waals surface area contributed by atoms with Crippen molar-refractivity contribution in [3.63, 3.8) is 0 Å². The van der Waals surface area contributed by atoms with E-state index in [2.05, 4.69) is 0 Å². The number of amides is 1. The van der Waals surface area contributed by atoms with Crippen LogP contribution in [0.1, 0.15) is 24.1 Å². The summed E-state index contributed by atoms with van der Waals surface area (Å²) in [5.74, 6) is -0.494. The summed E-state index contributed by atoms with van der Waals surface area (Å²) in [6.07, 6.45) is 0.844. The van der Waals surface area contributed by atoms with E-state index in [1.807, 2.05) is 31.2 Å². The van der Waals surface area contributed by atoms with Crippen molar-refractivity contribution >= 4 is 5.91 Å². The van der Waals surface area contributed by atoms with Crippen LogP contribution in [0.3, 0.4) is 0 Å². The normalized spacial score (nSPS) is 22.9. The van der Waals surface area contributed by atoms with Crippen LogP contribution in [-0.4, -0.2) is 27.9 Å². The molecule has 0 saturated carbocycles. The Morgan fingerprint density at radius 3 is 2.88 bits per heavy atom. The highest BCUT2D eigenvalue weighted by Crippen LogP contribution is 2.39. The molecule has 0 aliphatic heterocycles. The second-order valence-electron chi connectivity index (χ2n) is 4.22. The van der Waals surface area contributed by atoms with Crippen LogP contribution >= 0.6 is 0 Å². The molecule has 1 amide bonds. The van der Waals surface area contributed by atoms with Crippen molar-refractivity contribution in [2.45, 2.75) is 19.4 Å². The predicted octanol–water partition coefficient (Wildman–Crippen LogP) is 1.13. The van der Waals surface area contributed by atoms with Gasteiger partial charge in [0.2, 0.25) is 0 Å². The van der Waals surface area contributed by atoms with E-state index in [9.17, 15) is 10.0 Å². The average molecular weight is 221 g/mol. The molecule has 0 aromatic heterocycles. The molecule has 2 N–H and O–H groups in total. The quantitative estimate of drug-likeness (QED) is 0.581. The van der Waals surface area contributed by atoms with Crippen LogP contribution in [0.15, 0.2) is 24.3 Å². The number of carbonyl (C=O) groups excluding carboxylic acids is 1. The maximum Gasteiger partial charge on any atom is 0.272 e. The maximum absolute atomic E-state index is 11.3. The summed E-state index contributed by atoms with van der Waals surface area (Å²) in [5.41, 5.74) is 2.13. The molecule has 16 heavy (non-hydrogen) atoms. The predicted molar refractivity (Wildman–Crippen MR) is 57.8 cm³/mol. The van der Waals surface area contributed by atoms with Crippen LogP contribution < -0.4 is 0 Å². The molecular weight excluding hydrogens is 206 g/mol. The lowest BCUT2D eigenvalue weighted by Gasteiger charge is -2.25. The molecule has 0 radical (unpaired) electrons. The first-order valence-corrected chi connectivity index (χ1v) is 5.34. The highest BCUT2D eigenvalue weighted by molar-refractivity contribution is 5.76. The van der Waals surface area contributed by atoms with Gasteiger partial charge >= 0.3 is 0 Å². The fraction of sp³-hybridized carbons (Fsp3) is 0.417. The Bertz CT molecular complexity index is 405. The standard InChI is InChI=1S/C12H15NO3/c1-8-6-9-4-2-3-5-10(9)12(8)13(16)11(15)7-14/h2-5,8,12,14,16H,6-7H2,1H3/t8-,12-/m1/s1. The first-order valence-electron chi connectivity index (χ1n) is 5.34. The number of hydrogen-bond donors (Lipinski definition) is 2. The van der Waals surface area contributed by atoms with Gasteiger partial charge in [0, 0.05) is 0 Å². The highest BCUT2D eigenvalue weighted by atomic mass is 16.5. The van der Waals surface area contributed by atoms with E-state index in [0.717, 1.165) is 17.5 Å². The largest absolute Gasteiger partial charge is 0.386 e. The minimum Gasteiger partial charge on any atom is -0.386 e. The number of aliphatic hydroxyl groups excluding tert-OH is 1. The number of hydrogen-bond acceptors (Lipinski definition) is 3. The third-order valence-corrected chi connectivity index (χ3v) is 3.11. The van der Waals surface area contributed by atoms with E-state index >= 15 is 0 Å². The number of nitrogens with zero attached hydrogens (tertiary/aromatic N) is 1. The molecule has 0 spiro atoms. The smallest absolute Gasteiger partial charge is 0.272 e. The minimum absolute atomic E-state index is 0.165. The second kappa shape index (κ2) is 4.23. The highest BCUT2D eigenvalue weighted by Gasteiger charge is 2.35. The lowest BCUT2D eigenvalue weighted by molar-refractivity contribution is -0.183. The average Bonchev–Trinajstić information content (AvgIpc) is 2.63. The third kappa shape index (κ3) is 1.70. The summed E-state index contributed by atoms with van der Waals surface area (Å²) >= 11 is 0. The molecule has 0 fully saturated rings. The fourth-order valence-corrected chi connectivity index (χ4v) is 2.37. The van der Waals surface area contributed by atoms with Crippen LogP contribution in [0, 0.1) is 5.92 Å². The Morgan fingerprint density at radius 1 is 1.50 bits per heavy atom. The van der Waals surface area contributed by atoms with Crippen molar-refractivity contribution in [2.75, 3.05) is 6.61 Å². The minimum atomic E-state index is -0.665. The van der Waals surface area contributed by atoms with Gasteiger partial charge in [0.25, 0.3) is 5.91 Å². The zero-order valence-electron chi connectivity index (χ0n) is 9.13. The van der Waals surface area contributed by atoms with E-state index in [1.54, 1.807) is 0 Å². The Labute approximate surface area is 94.1 Å². The molecule has 86 valence electrons. The maximum atomic E-state index is 11.3. The SMILES string of the molecule is C[C@@H]1Cc2ccccc2[C@@H]1N(O)C(=O)CO. The number of hydroxylamine groups is 2. The molecule has 1 aromatic carbocycles. The Balaban J connectivity index is 2.32. The summed E-state index contributed by atoms with van der Waals surface area (Å²) in [7, 11) is 0. The second-order valence-corrected chi connectivity index (χ2v) is 4.22. The molecule has 0 heterocycles. The Morgan fingerprint density at radius 2 is 2.19 bits per heavy atom. The van der Waals surface area contributed by atoms with Gasteiger partial charge in [0.15, 0.2) is 0 Å². The summed E-state index contributed by atoms with van der Waals surface area (Å²) in [6, 6.07) is 7.42. The van der Waals surface area contributed by atoms with Crippen LogP contribution in [0.5, 0.6) is 0 Å². The lowest BCUT2D eigenvalue weighted by atomic mass is 10.0. The Hall–Kier alpha value is -1.39. The zero-order valence-corrected chi connectivity index (χ0v) is 9.13. The van der Waals surface area contributed by atoms with Crippen LogP contribution in [0.25, 0.3) is 0 Å². The van der Waals surface area contributed by atoms with Crippen LogP contribution in [0.4, 0.5) is 0 Å². The van der Waals surface area contributed by atoms with E-state index in [4.69, 9.17) is 5.11 Å². The van der Waals surface area contributed by atoms with Crippen LogP contribution in [-0.2, 0) is 11.2 Å². The van der Waals surface area contributed by atoms with E-state index in [-0.39, 0.29) is 12.0 Å². The third-order valence-electron chi connectivity index (χ3n) is 3.11. The van der Waals surface area contributed by atoms with Crippen molar-refractivity contribution in [1.29, 1.82) is 0 Å². The van der Waals surface area contributed by atoms with E-state index in [0.29, 0.717) is 5.06 Å². The topological polar surface area (TPSA) is 60.8 Å². The summed E-state index contributed by atoms with van der Waals surface area (Å²) < 4.78 is 0. The van der Waals surface area contributed by atoms with Gasteiger partial charge in [0.05, 0.1) is 6.04 Å². The van der Waals surface area contributed by atoms with Gasteiger partial charge in [-0.2, -0.15) is 0 Å². The number of aliphatic hydroxyl groups is 1. The number of fused-ring (bicyclic) bond motifs is 1. The molecule has 4 nitrogen and oxygen atoms in total. The molecule has 0 unspecified atom stereocenters. The first kappa shape index (κ1) is 11.1. The van der Waals surface area contributed by atoms with Gasteiger partial charge in [-0.05, 0) is 23.5 Å².